The quantitative estimate of drug-likeness (QED) is 0.847. The molecule has 1 atom stereocenters. The Bertz CT molecular complexity index is 294. The maximum Gasteiger partial charge on any atom is 0.0357 e. The van der Waals surface area contributed by atoms with Crippen LogP contribution in [0.2, 0.25) is 0 Å². The molecule has 1 rings (SSSR count). The molecule has 0 radical (unpaired) electrons. The van der Waals surface area contributed by atoms with E-state index < -0.39 is 0 Å². The molecule has 0 bridgehead atoms. The Morgan fingerprint density at radius 3 is 2.27 bits per heavy atom. The third-order valence-electron chi connectivity index (χ3n) is 3.07. The van der Waals surface area contributed by atoms with Crippen molar-refractivity contribution in [3.8, 4) is 0 Å². The molecule has 0 spiro atoms. The first-order valence-electron chi connectivity index (χ1n) is 5.66. The maximum atomic E-state index is 3.62. The first kappa shape index (κ1) is 12.7. The Morgan fingerprint density at radius 1 is 1.20 bits per heavy atom. The number of rotatable bonds is 5. The molecular formula is C13H20BrN. The first-order valence-corrected chi connectivity index (χ1v) is 6.45. The van der Waals surface area contributed by atoms with Crippen LogP contribution in [-0.2, 0) is 0 Å². The van der Waals surface area contributed by atoms with Crippen LogP contribution in [0, 0.1) is 5.92 Å². The highest BCUT2D eigenvalue weighted by Gasteiger charge is 2.19. The van der Waals surface area contributed by atoms with Crippen LogP contribution >= 0.6 is 15.9 Å². The van der Waals surface area contributed by atoms with E-state index in [9.17, 15) is 0 Å². The molecule has 1 N–H and O–H groups in total. The summed E-state index contributed by atoms with van der Waals surface area (Å²) in [5.41, 5.74) is 1.37. The summed E-state index contributed by atoms with van der Waals surface area (Å²) in [6, 6.07) is 8.93. The summed E-state index contributed by atoms with van der Waals surface area (Å²) in [5, 5.41) is 3.43. The summed E-state index contributed by atoms with van der Waals surface area (Å²) in [5.74, 6) is 0.702. The van der Waals surface area contributed by atoms with Crippen molar-refractivity contribution in [3.05, 3.63) is 34.3 Å². The largest absolute Gasteiger partial charge is 0.313 e. The monoisotopic (exact) mass is 269 g/mol. The Hall–Kier alpha value is -0.340. The van der Waals surface area contributed by atoms with Crippen LogP contribution in [-0.4, -0.2) is 7.05 Å². The number of hydrogen-bond donors (Lipinski definition) is 1. The van der Waals surface area contributed by atoms with Crippen LogP contribution < -0.4 is 5.32 Å². The molecule has 0 aliphatic carbocycles. The minimum atomic E-state index is 0.454. The van der Waals surface area contributed by atoms with Gasteiger partial charge in [0.05, 0.1) is 0 Å². The zero-order valence-electron chi connectivity index (χ0n) is 9.76. The van der Waals surface area contributed by atoms with E-state index in [1.165, 1.54) is 22.9 Å². The van der Waals surface area contributed by atoms with Crippen LogP contribution in [0.4, 0.5) is 0 Å². The van der Waals surface area contributed by atoms with Gasteiger partial charge in [0.2, 0.25) is 0 Å². The lowest BCUT2D eigenvalue weighted by molar-refractivity contribution is 0.358. The fraction of sp³-hybridized carbons (Fsp3) is 0.538. The molecule has 0 aliphatic rings. The van der Waals surface area contributed by atoms with Gasteiger partial charge in [-0.3, -0.25) is 0 Å². The number of benzene rings is 1. The third kappa shape index (κ3) is 3.05. The Kier molecular flexibility index (Phi) is 5.34. The molecule has 0 fully saturated rings. The van der Waals surface area contributed by atoms with Crippen molar-refractivity contribution in [1.82, 2.24) is 5.32 Å². The molecule has 0 amide bonds. The lowest BCUT2D eigenvalue weighted by Crippen LogP contribution is -2.24. The van der Waals surface area contributed by atoms with E-state index in [-0.39, 0.29) is 0 Å². The van der Waals surface area contributed by atoms with Gasteiger partial charge in [-0.25, -0.2) is 0 Å². The summed E-state index contributed by atoms with van der Waals surface area (Å²) in [4.78, 5) is 0. The van der Waals surface area contributed by atoms with E-state index in [2.05, 4.69) is 59.4 Å². The predicted octanol–water partition coefficient (Wildman–Crippen LogP) is 4.15. The van der Waals surface area contributed by atoms with Crippen LogP contribution in [0.1, 0.15) is 38.3 Å². The molecule has 15 heavy (non-hydrogen) atoms. The fourth-order valence-corrected chi connectivity index (χ4v) is 2.66. The zero-order valence-corrected chi connectivity index (χ0v) is 11.3. The summed E-state index contributed by atoms with van der Waals surface area (Å²) in [6.45, 7) is 4.52. The van der Waals surface area contributed by atoms with Crippen molar-refractivity contribution < 1.29 is 0 Å². The highest BCUT2D eigenvalue weighted by Crippen LogP contribution is 2.31. The topological polar surface area (TPSA) is 12.0 Å². The lowest BCUT2D eigenvalue weighted by atomic mass is 9.89. The minimum Gasteiger partial charge on any atom is -0.313 e. The van der Waals surface area contributed by atoms with Crippen LogP contribution in [0.25, 0.3) is 0 Å². The molecule has 0 saturated heterocycles. The first-order chi connectivity index (χ1) is 7.24. The van der Waals surface area contributed by atoms with Gasteiger partial charge >= 0.3 is 0 Å². The van der Waals surface area contributed by atoms with Gasteiger partial charge in [0.1, 0.15) is 0 Å². The van der Waals surface area contributed by atoms with Crippen molar-refractivity contribution in [2.45, 2.75) is 32.7 Å². The Balaban J connectivity index is 2.96. The van der Waals surface area contributed by atoms with Gasteiger partial charge in [-0.05, 0) is 24.6 Å². The second kappa shape index (κ2) is 6.29. The molecule has 0 aromatic heterocycles. The van der Waals surface area contributed by atoms with Gasteiger partial charge in [0, 0.05) is 10.5 Å². The van der Waals surface area contributed by atoms with Crippen molar-refractivity contribution in [1.29, 1.82) is 0 Å². The van der Waals surface area contributed by atoms with E-state index >= 15 is 0 Å². The van der Waals surface area contributed by atoms with Crippen molar-refractivity contribution in [3.63, 3.8) is 0 Å². The standard InChI is InChI=1S/C13H20BrN/c1-4-10(5-2)13(15-3)11-8-6-7-9-12(11)14/h6-10,13,15H,4-5H2,1-3H3. The lowest BCUT2D eigenvalue weighted by Gasteiger charge is -2.26. The molecule has 2 heteroatoms. The molecule has 1 unspecified atom stereocenters. The average molecular weight is 270 g/mol. The highest BCUT2D eigenvalue weighted by atomic mass is 79.9. The Labute approximate surface area is 101 Å². The number of halogens is 1. The summed E-state index contributed by atoms with van der Waals surface area (Å²) in [7, 11) is 2.04. The molecular weight excluding hydrogens is 250 g/mol. The summed E-state index contributed by atoms with van der Waals surface area (Å²) in [6.07, 6.45) is 2.42. The molecule has 1 nitrogen and oxygen atoms in total. The Morgan fingerprint density at radius 2 is 1.80 bits per heavy atom. The number of hydrogen-bond acceptors (Lipinski definition) is 1. The van der Waals surface area contributed by atoms with Crippen molar-refractivity contribution >= 4 is 15.9 Å². The van der Waals surface area contributed by atoms with Gasteiger partial charge in [-0.2, -0.15) is 0 Å². The predicted molar refractivity (Wildman–Crippen MR) is 70.0 cm³/mol. The van der Waals surface area contributed by atoms with E-state index in [0.717, 1.165) is 0 Å². The normalized spacial score (nSPS) is 13.1. The average Bonchev–Trinajstić information content (AvgIpc) is 2.27. The smallest absolute Gasteiger partial charge is 0.0357 e. The van der Waals surface area contributed by atoms with E-state index in [1.54, 1.807) is 0 Å². The van der Waals surface area contributed by atoms with E-state index in [0.29, 0.717) is 12.0 Å². The van der Waals surface area contributed by atoms with Crippen LogP contribution in [0.15, 0.2) is 28.7 Å². The van der Waals surface area contributed by atoms with Gasteiger partial charge in [-0.1, -0.05) is 60.8 Å². The number of nitrogens with one attached hydrogen (secondary N) is 1. The fourth-order valence-electron chi connectivity index (χ4n) is 2.13. The van der Waals surface area contributed by atoms with Crippen LogP contribution in [0.3, 0.4) is 0 Å². The highest BCUT2D eigenvalue weighted by molar-refractivity contribution is 9.10. The second-order valence-corrected chi connectivity index (χ2v) is 4.72. The second-order valence-electron chi connectivity index (χ2n) is 3.86. The molecule has 1 aromatic carbocycles. The minimum absolute atomic E-state index is 0.454. The summed E-state index contributed by atoms with van der Waals surface area (Å²) >= 11 is 3.62. The van der Waals surface area contributed by atoms with E-state index in [4.69, 9.17) is 0 Å². The molecule has 0 heterocycles. The van der Waals surface area contributed by atoms with Crippen LogP contribution in [0.5, 0.6) is 0 Å². The van der Waals surface area contributed by atoms with Gasteiger partial charge in [0.15, 0.2) is 0 Å². The molecule has 84 valence electrons. The van der Waals surface area contributed by atoms with Gasteiger partial charge < -0.3 is 5.32 Å². The van der Waals surface area contributed by atoms with Gasteiger partial charge in [0.25, 0.3) is 0 Å². The molecule has 0 saturated carbocycles. The van der Waals surface area contributed by atoms with E-state index in [1.807, 2.05) is 7.05 Å². The van der Waals surface area contributed by atoms with Crippen molar-refractivity contribution in [2.24, 2.45) is 5.92 Å². The van der Waals surface area contributed by atoms with Crippen molar-refractivity contribution in [2.75, 3.05) is 7.05 Å². The summed E-state index contributed by atoms with van der Waals surface area (Å²) < 4.78 is 1.20. The van der Waals surface area contributed by atoms with Gasteiger partial charge in [-0.15, -0.1) is 0 Å². The maximum absolute atomic E-state index is 3.62. The third-order valence-corrected chi connectivity index (χ3v) is 3.79. The molecule has 0 aliphatic heterocycles. The zero-order chi connectivity index (χ0) is 11.3. The molecule has 1 aromatic rings. The SMILES string of the molecule is CCC(CC)C(NC)c1ccccc1Br.